The Kier molecular flexibility index (Phi) is 8.08. The van der Waals surface area contributed by atoms with Crippen LogP contribution in [0.3, 0.4) is 0 Å². The van der Waals surface area contributed by atoms with Crippen LogP contribution < -0.4 is 0 Å². The van der Waals surface area contributed by atoms with E-state index in [0.29, 0.717) is 12.8 Å². The van der Waals surface area contributed by atoms with E-state index in [2.05, 4.69) is 0 Å². The van der Waals surface area contributed by atoms with Crippen LogP contribution in [-0.2, 0) is 0 Å². The smallest absolute Gasteiger partial charge is 0.0589 e. The number of hydrogen-bond acceptors (Lipinski definition) is 4. The molecule has 0 rings (SSSR count). The first-order valence-corrected chi connectivity index (χ1v) is 5.25. The van der Waals surface area contributed by atoms with Gasteiger partial charge in [-0.15, -0.1) is 0 Å². The van der Waals surface area contributed by atoms with Gasteiger partial charge in [0.15, 0.2) is 0 Å². The molecule has 0 spiro atoms. The zero-order valence-electron chi connectivity index (χ0n) is 8.76. The average molecular weight is 206 g/mol. The lowest BCUT2D eigenvalue weighted by molar-refractivity contribution is 0.0298. The first-order valence-electron chi connectivity index (χ1n) is 5.25. The van der Waals surface area contributed by atoms with Crippen LogP contribution in [0.15, 0.2) is 0 Å². The summed E-state index contributed by atoms with van der Waals surface area (Å²) in [7, 11) is 0. The van der Waals surface area contributed by atoms with Crippen molar-refractivity contribution in [3.05, 3.63) is 0 Å². The third-order valence-corrected chi connectivity index (χ3v) is 2.17. The van der Waals surface area contributed by atoms with E-state index in [-0.39, 0.29) is 19.4 Å². The average Bonchev–Trinajstić information content (AvgIpc) is 2.03. The Morgan fingerprint density at radius 2 is 1.36 bits per heavy atom. The predicted molar refractivity (Wildman–Crippen MR) is 53.9 cm³/mol. The molecule has 0 aromatic carbocycles. The first kappa shape index (κ1) is 13.8. The molecule has 0 aromatic heterocycles. The number of aliphatic hydroxyl groups is 4. The molecule has 0 aromatic rings. The van der Waals surface area contributed by atoms with Crippen LogP contribution in [0.2, 0.25) is 0 Å². The summed E-state index contributed by atoms with van der Waals surface area (Å²) in [5.41, 5.74) is 0. The Morgan fingerprint density at radius 1 is 0.857 bits per heavy atom. The summed E-state index contributed by atoms with van der Waals surface area (Å²) in [5, 5.41) is 36.6. The molecule has 14 heavy (non-hydrogen) atoms. The molecule has 4 heteroatoms. The van der Waals surface area contributed by atoms with E-state index in [0.717, 1.165) is 6.42 Å². The van der Waals surface area contributed by atoms with Crippen LogP contribution in [0.5, 0.6) is 0 Å². The Balaban J connectivity index is 3.57. The number of rotatable bonds is 8. The summed E-state index contributed by atoms with van der Waals surface area (Å²) >= 11 is 0. The lowest BCUT2D eigenvalue weighted by Gasteiger charge is -2.17. The first-order chi connectivity index (χ1) is 6.60. The summed E-state index contributed by atoms with van der Waals surface area (Å²) in [6.07, 6.45) is 0.511. The lowest BCUT2D eigenvalue weighted by Crippen LogP contribution is -2.23. The van der Waals surface area contributed by atoms with Crippen molar-refractivity contribution in [2.75, 3.05) is 6.61 Å². The van der Waals surface area contributed by atoms with E-state index in [1.807, 2.05) is 6.92 Å². The van der Waals surface area contributed by atoms with Gasteiger partial charge in [-0.1, -0.05) is 13.3 Å². The van der Waals surface area contributed by atoms with Crippen LogP contribution in [0.25, 0.3) is 0 Å². The lowest BCUT2D eigenvalue weighted by atomic mass is 10.0. The van der Waals surface area contributed by atoms with Gasteiger partial charge < -0.3 is 20.4 Å². The van der Waals surface area contributed by atoms with E-state index in [1.165, 1.54) is 0 Å². The Labute approximate surface area is 85.2 Å². The third-order valence-electron chi connectivity index (χ3n) is 2.17. The highest BCUT2D eigenvalue weighted by Gasteiger charge is 2.15. The highest BCUT2D eigenvalue weighted by Crippen LogP contribution is 2.10. The van der Waals surface area contributed by atoms with Crippen molar-refractivity contribution >= 4 is 0 Å². The minimum absolute atomic E-state index is 0.0780. The SMILES string of the molecule is CCC[C@H](O)C[C@H](O)C[C@H](O)CCO. The molecule has 0 aliphatic carbocycles. The van der Waals surface area contributed by atoms with Crippen LogP contribution in [-0.4, -0.2) is 45.3 Å². The van der Waals surface area contributed by atoms with Crippen molar-refractivity contribution < 1.29 is 20.4 Å². The normalized spacial score (nSPS) is 17.8. The molecule has 0 saturated heterocycles. The fourth-order valence-corrected chi connectivity index (χ4v) is 1.44. The summed E-state index contributed by atoms with van der Waals surface area (Å²) in [6.45, 7) is 1.89. The molecule has 0 aliphatic heterocycles. The minimum Gasteiger partial charge on any atom is -0.396 e. The maximum atomic E-state index is 9.44. The van der Waals surface area contributed by atoms with Gasteiger partial charge in [0, 0.05) is 6.61 Å². The topological polar surface area (TPSA) is 80.9 Å². The molecule has 0 aliphatic rings. The third kappa shape index (κ3) is 7.26. The van der Waals surface area contributed by atoms with Gasteiger partial charge in [-0.3, -0.25) is 0 Å². The second-order valence-electron chi connectivity index (χ2n) is 3.73. The summed E-state index contributed by atoms with van der Waals surface area (Å²) in [4.78, 5) is 0. The molecular weight excluding hydrogens is 184 g/mol. The van der Waals surface area contributed by atoms with Gasteiger partial charge in [0.05, 0.1) is 18.3 Å². The minimum atomic E-state index is -0.682. The van der Waals surface area contributed by atoms with Crippen molar-refractivity contribution in [1.82, 2.24) is 0 Å². The van der Waals surface area contributed by atoms with Gasteiger partial charge >= 0.3 is 0 Å². The van der Waals surface area contributed by atoms with Crippen molar-refractivity contribution in [2.45, 2.75) is 57.3 Å². The zero-order valence-corrected chi connectivity index (χ0v) is 8.76. The van der Waals surface area contributed by atoms with E-state index in [1.54, 1.807) is 0 Å². The Morgan fingerprint density at radius 3 is 1.79 bits per heavy atom. The Hall–Kier alpha value is -0.160. The molecule has 0 radical (unpaired) electrons. The van der Waals surface area contributed by atoms with E-state index in [4.69, 9.17) is 5.11 Å². The summed E-state index contributed by atoms with van der Waals surface area (Å²) < 4.78 is 0. The van der Waals surface area contributed by atoms with Crippen molar-refractivity contribution in [2.24, 2.45) is 0 Å². The molecule has 86 valence electrons. The number of aliphatic hydroxyl groups excluding tert-OH is 4. The highest BCUT2D eigenvalue weighted by atomic mass is 16.3. The second-order valence-corrected chi connectivity index (χ2v) is 3.73. The Bertz CT molecular complexity index is 115. The van der Waals surface area contributed by atoms with Crippen LogP contribution in [0, 0.1) is 0 Å². The molecule has 0 fully saturated rings. The second kappa shape index (κ2) is 8.17. The fraction of sp³-hybridized carbons (Fsp3) is 1.00. The van der Waals surface area contributed by atoms with Gasteiger partial charge in [0.25, 0.3) is 0 Å². The molecule has 0 unspecified atom stereocenters. The van der Waals surface area contributed by atoms with Gasteiger partial charge in [-0.25, -0.2) is 0 Å². The summed E-state index contributed by atoms with van der Waals surface area (Å²) in [5.74, 6) is 0. The van der Waals surface area contributed by atoms with Crippen molar-refractivity contribution in [3.63, 3.8) is 0 Å². The van der Waals surface area contributed by atoms with Gasteiger partial charge in [-0.05, 0) is 25.7 Å². The predicted octanol–water partition coefficient (Wildman–Crippen LogP) is 0.0318. The summed E-state index contributed by atoms with van der Waals surface area (Å²) in [6, 6.07) is 0. The fourth-order valence-electron chi connectivity index (χ4n) is 1.44. The van der Waals surface area contributed by atoms with Gasteiger partial charge in [0.2, 0.25) is 0 Å². The molecule has 0 saturated carbocycles. The van der Waals surface area contributed by atoms with Crippen molar-refractivity contribution in [1.29, 1.82) is 0 Å². The van der Waals surface area contributed by atoms with E-state index >= 15 is 0 Å². The maximum Gasteiger partial charge on any atom is 0.0589 e. The van der Waals surface area contributed by atoms with Crippen LogP contribution in [0.1, 0.15) is 39.0 Å². The number of hydrogen-bond donors (Lipinski definition) is 4. The van der Waals surface area contributed by atoms with Gasteiger partial charge in [-0.2, -0.15) is 0 Å². The molecular formula is C10H22O4. The largest absolute Gasteiger partial charge is 0.396 e. The quantitative estimate of drug-likeness (QED) is 0.452. The molecule has 0 bridgehead atoms. The monoisotopic (exact) mass is 206 g/mol. The van der Waals surface area contributed by atoms with E-state index < -0.39 is 18.3 Å². The van der Waals surface area contributed by atoms with Crippen LogP contribution in [0.4, 0.5) is 0 Å². The molecule has 3 atom stereocenters. The molecule has 0 heterocycles. The van der Waals surface area contributed by atoms with Crippen molar-refractivity contribution in [3.8, 4) is 0 Å². The molecule has 4 N–H and O–H groups in total. The maximum absolute atomic E-state index is 9.44. The van der Waals surface area contributed by atoms with Gasteiger partial charge in [0.1, 0.15) is 0 Å². The standard InChI is InChI=1S/C10H22O4/c1-2-3-8(12)6-10(14)7-9(13)4-5-11/h8-14H,2-7H2,1H3/t8-,9+,10-/m0/s1. The zero-order chi connectivity index (χ0) is 11.0. The van der Waals surface area contributed by atoms with E-state index in [9.17, 15) is 15.3 Å². The molecule has 0 amide bonds. The molecule has 4 nitrogen and oxygen atoms in total. The van der Waals surface area contributed by atoms with Crippen LogP contribution >= 0.6 is 0 Å². The highest BCUT2D eigenvalue weighted by molar-refractivity contribution is 4.67.